The molecule has 0 aromatic rings. The smallest absolute Gasteiger partial charge is 0.239 e. The Labute approximate surface area is 138 Å². The number of amides is 2. The number of piperazine rings is 1. The Morgan fingerprint density at radius 1 is 1.30 bits per heavy atom. The fourth-order valence-corrected chi connectivity index (χ4v) is 3.83. The number of carbonyl (C=O) groups is 2. The average Bonchev–Trinajstić information content (AvgIpc) is 3.31. The molecule has 2 saturated heterocycles. The second-order valence-corrected chi connectivity index (χ2v) is 7.43. The standard InChI is InChI=1S/C17H29N3O3/c1-13-16(23)19(11-8-18-13)9-3-2-4-15(22)20-10-7-17(5-6-17)14(21)12-20/h13-14,18,21H,2-12H2,1H3/t13?,14-/m1/s1. The Morgan fingerprint density at radius 3 is 2.78 bits per heavy atom. The van der Waals surface area contributed by atoms with Gasteiger partial charge < -0.3 is 20.2 Å². The van der Waals surface area contributed by atoms with E-state index in [-0.39, 0.29) is 29.4 Å². The number of aliphatic hydroxyl groups excluding tert-OH is 1. The van der Waals surface area contributed by atoms with Crippen molar-refractivity contribution in [3.8, 4) is 0 Å². The summed E-state index contributed by atoms with van der Waals surface area (Å²) < 4.78 is 0. The van der Waals surface area contributed by atoms with Gasteiger partial charge in [-0.15, -0.1) is 0 Å². The van der Waals surface area contributed by atoms with Crippen LogP contribution in [-0.2, 0) is 9.59 Å². The molecule has 3 fully saturated rings. The van der Waals surface area contributed by atoms with E-state index < -0.39 is 0 Å². The van der Waals surface area contributed by atoms with E-state index in [0.29, 0.717) is 13.0 Å². The Hall–Kier alpha value is -1.14. The topological polar surface area (TPSA) is 72.9 Å². The van der Waals surface area contributed by atoms with Gasteiger partial charge in [-0.1, -0.05) is 0 Å². The molecule has 1 unspecified atom stereocenters. The summed E-state index contributed by atoms with van der Waals surface area (Å²) in [5.41, 5.74) is 0.149. The number of unbranched alkanes of at least 4 members (excludes halogenated alkanes) is 1. The molecule has 2 amide bonds. The third-order valence-electron chi connectivity index (χ3n) is 5.81. The van der Waals surface area contributed by atoms with Gasteiger partial charge in [0.2, 0.25) is 11.8 Å². The molecule has 2 atom stereocenters. The van der Waals surface area contributed by atoms with E-state index in [1.807, 2.05) is 16.7 Å². The molecule has 2 heterocycles. The predicted molar refractivity (Wildman–Crippen MR) is 86.8 cm³/mol. The third kappa shape index (κ3) is 3.69. The lowest BCUT2D eigenvalue weighted by atomic mass is 9.90. The number of hydrogen-bond acceptors (Lipinski definition) is 4. The summed E-state index contributed by atoms with van der Waals surface area (Å²) in [7, 11) is 0. The molecular weight excluding hydrogens is 294 g/mol. The molecular formula is C17H29N3O3. The maximum atomic E-state index is 12.3. The highest BCUT2D eigenvalue weighted by atomic mass is 16.3. The molecule has 1 saturated carbocycles. The van der Waals surface area contributed by atoms with E-state index in [9.17, 15) is 14.7 Å². The number of hydrogen-bond donors (Lipinski definition) is 2. The lowest BCUT2D eigenvalue weighted by molar-refractivity contribution is -0.136. The zero-order valence-electron chi connectivity index (χ0n) is 14.1. The largest absolute Gasteiger partial charge is 0.391 e. The molecule has 0 radical (unpaired) electrons. The molecule has 1 spiro atoms. The normalized spacial score (nSPS) is 29.9. The zero-order chi connectivity index (χ0) is 16.4. The van der Waals surface area contributed by atoms with E-state index in [0.717, 1.165) is 58.3 Å². The van der Waals surface area contributed by atoms with E-state index in [1.165, 1.54) is 0 Å². The van der Waals surface area contributed by atoms with E-state index in [1.54, 1.807) is 0 Å². The van der Waals surface area contributed by atoms with E-state index in [2.05, 4.69) is 5.32 Å². The fourth-order valence-electron chi connectivity index (χ4n) is 3.83. The van der Waals surface area contributed by atoms with Crippen molar-refractivity contribution >= 4 is 11.8 Å². The third-order valence-corrected chi connectivity index (χ3v) is 5.81. The van der Waals surface area contributed by atoms with Gasteiger partial charge in [-0.05, 0) is 44.4 Å². The molecule has 0 bridgehead atoms. The van der Waals surface area contributed by atoms with Gasteiger partial charge in [0.25, 0.3) is 0 Å². The van der Waals surface area contributed by atoms with Crippen molar-refractivity contribution in [2.45, 2.75) is 57.6 Å². The summed E-state index contributed by atoms with van der Waals surface area (Å²) in [6, 6.07) is -0.0880. The van der Waals surface area contributed by atoms with Crippen LogP contribution in [0.1, 0.15) is 45.4 Å². The number of likely N-dealkylation sites (tertiary alicyclic amines) is 1. The molecule has 6 nitrogen and oxygen atoms in total. The van der Waals surface area contributed by atoms with Crippen molar-refractivity contribution in [1.29, 1.82) is 0 Å². The van der Waals surface area contributed by atoms with Crippen LogP contribution in [0.5, 0.6) is 0 Å². The Balaban J connectivity index is 1.34. The number of aliphatic hydroxyl groups is 1. The summed E-state index contributed by atoms with van der Waals surface area (Å²) in [4.78, 5) is 28.0. The first-order chi connectivity index (χ1) is 11.0. The number of carbonyl (C=O) groups excluding carboxylic acids is 2. The van der Waals surface area contributed by atoms with Gasteiger partial charge in [0.1, 0.15) is 0 Å². The highest BCUT2D eigenvalue weighted by Crippen LogP contribution is 2.53. The van der Waals surface area contributed by atoms with Gasteiger partial charge in [-0.25, -0.2) is 0 Å². The zero-order valence-corrected chi connectivity index (χ0v) is 14.1. The van der Waals surface area contributed by atoms with E-state index in [4.69, 9.17) is 0 Å². The number of rotatable bonds is 5. The van der Waals surface area contributed by atoms with Crippen molar-refractivity contribution in [1.82, 2.24) is 15.1 Å². The number of piperidine rings is 1. The Kier molecular flexibility index (Phi) is 4.92. The predicted octanol–water partition coefficient (Wildman–Crippen LogP) is 0.350. The molecule has 6 heteroatoms. The first kappa shape index (κ1) is 16.7. The summed E-state index contributed by atoms with van der Waals surface area (Å²) >= 11 is 0. The van der Waals surface area contributed by atoms with Crippen molar-refractivity contribution in [3.63, 3.8) is 0 Å². The highest BCUT2D eigenvalue weighted by Gasteiger charge is 2.51. The first-order valence-electron chi connectivity index (χ1n) is 9.00. The SMILES string of the molecule is CC1NCCN(CCCCC(=O)N2CCC3(CC3)[C@H](O)C2)C1=O. The Bertz CT molecular complexity index is 464. The maximum absolute atomic E-state index is 12.3. The van der Waals surface area contributed by atoms with Crippen LogP contribution in [0.3, 0.4) is 0 Å². The van der Waals surface area contributed by atoms with Crippen molar-refractivity contribution in [2.75, 3.05) is 32.7 Å². The van der Waals surface area contributed by atoms with Gasteiger partial charge in [0, 0.05) is 39.1 Å². The van der Waals surface area contributed by atoms with Crippen LogP contribution < -0.4 is 5.32 Å². The van der Waals surface area contributed by atoms with Crippen molar-refractivity contribution < 1.29 is 14.7 Å². The summed E-state index contributed by atoms with van der Waals surface area (Å²) in [5.74, 6) is 0.316. The van der Waals surface area contributed by atoms with Gasteiger partial charge in [-0.2, -0.15) is 0 Å². The molecule has 23 heavy (non-hydrogen) atoms. The van der Waals surface area contributed by atoms with Crippen LogP contribution >= 0.6 is 0 Å². The molecule has 2 aliphatic heterocycles. The maximum Gasteiger partial charge on any atom is 0.239 e. The number of β-amino-alcohol motifs (C(OH)–C–C–N with tert-alkyl or cyclic N) is 1. The second kappa shape index (κ2) is 6.77. The van der Waals surface area contributed by atoms with Gasteiger partial charge in [-0.3, -0.25) is 9.59 Å². The molecule has 1 aliphatic carbocycles. The Morgan fingerprint density at radius 2 is 2.09 bits per heavy atom. The molecule has 3 rings (SSSR count). The minimum absolute atomic E-state index is 0.0880. The quantitative estimate of drug-likeness (QED) is 0.716. The van der Waals surface area contributed by atoms with Crippen LogP contribution in [0.15, 0.2) is 0 Å². The minimum Gasteiger partial charge on any atom is -0.391 e. The van der Waals surface area contributed by atoms with Crippen LogP contribution in [0.25, 0.3) is 0 Å². The number of nitrogens with zero attached hydrogens (tertiary/aromatic N) is 2. The number of nitrogens with one attached hydrogen (secondary N) is 1. The minimum atomic E-state index is -0.333. The van der Waals surface area contributed by atoms with Gasteiger partial charge >= 0.3 is 0 Å². The van der Waals surface area contributed by atoms with Gasteiger partial charge in [0.15, 0.2) is 0 Å². The molecule has 130 valence electrons. The highest BCUT2D eigenvalue weighted by molar-refractivity contribution is 5.82. The van der Waals surface area contributed by atoms with Crippen molar-refractivity contribution in [3.05, 3.63) is 0 Å². The lowest BCUT2D eigenvalue weighted by Gasteiger charge is -2.36. The van der Waals surface area contributed by atoms with Crippen LogP contribution in [-0.4, -0.2) is 71.6 Å². The van der Waals surface area contributed by atoms with Crippen molar-refractivity contribution in [2.24, 2.45) is 5.41 Å². The second-order valence-electron chi connectivity index (χ2n) is 7.43. The summed E-state index contributed by atoms with van der Waals surface area (Å²) in [6.07, 6.45) is 5.05. The van der Waals surface area contributed by atoms with Crippen LogP contribution in [0.2, 0.25) is 0 Å². The van der Waals surface area contributed by atoms with Gasteiger partial charge in [0.05, 0.1) is 12.1 Å². The van der Waals surface area contributed by atoms with Crippen LogP contribution in [0.4, 0.5) is 0 Å². The molecule has 0 aromatic carbocycles. The summed E-state index contributed by atoms with van der Waals surface area (Å²) in [6.45, 7) is 5.54. The average molecular weight is 323 g/mol. The molecule has 2 N–H and O–H groups in total. The monoisotopic (exact) mass is 323 g/mol. The first-order valence-corrected chi connectivity index (χ1v) is 9.00. The molecule has 0 aromatic heterocycles. The van der Waals surface area contributed by atoms with E-state index >= 15 is 0 Å². The molecule has 3 aliphatic rings. The lowest BCUT2D eigenvalue weighted by Crippen LogP contribution is -2.53. The fraction of sp³-hybridized carbons (Fsp3) is 0.882. The van der Waals surface area contributed by atoms with Crippen LogP contribution in [0, 0.1) is 5.41 Å². The summed E-state index contributed by atoms with van der Waals surface area (Å²) in [5, 5.41) is 13.3.